The fourth-order valence-electron chi connectivity index (χ4n) is 3.36. The second-order valence-corrected chi connectivity index (χ2v) is 8.54. The minimum atomic E-state index is -0.419. The second kappa shape index (κ2) is 10.3. The van der Waals surface area contributed by atoms with Gasteiger partial charge in [-0.1, -0.05) is 67.6 Å². The predicted molar refractivity (Wildman–Crippen MR) is 113 cm³/mol. The Kier molecular flexibility index (Phi) is 8.09. The molecule has 0 saturated heterocycles. The lowest BCUT2D eigenvalue weighted by molar-refractivity contribution is -0.153. The Morgan fingerprint density at radius 2 is 1.44 bits per heavy atom. The third-order valence-electron chi connectivity index (χ3n) is 5.07. The fraction of sp³-hybridized carbons (Fsp3) is 0.480. The van der Waals surface area contributed by atoms with Crippen LogP contribution in [0.5, 0.6) is 0 Å². The van der Waals surface area contributed by atoms with E-state index in [-0.39, 0.29) is 5.97 Å². The number of hydrogen-bond acceptors (Lipinski definition) is 2. The zero-order chi connectivity index (χ0) is 19.7. The van der Waals surface area contributed by atoms with Crippen molar-refractivity contribution in [2.75, 3.05) is 6.61 Å². The maximum Gasteiger partial charge on any atom is 0.311 e. The number of unbranched alkanes of at least 4 members (excludes halogenated alkanes) is 1. The summed E-state index contributed by atoms with van der Waals surface area (Å²) in [5.74, 6) is 0.939. The molecule has 2 aromatic rings. The summed E-state index contributed by atoms with van der Waals surface area (Å²) < 4.78 is 5.41. The number of carbonyl (C=O) groups is 1. The average Bonchev–Trinajstić information content (AvgIpc) is 2.67. The smallest absolute Gasteiger partial charge is 0.311 e. The van der Waals surface area contributed by atoms with Gasteiger partial charge >= 0.3 is 5.97 Å². The van der Waals surface area contributed by atoms with Crippen LogP contribution in [0.15, 0.2) is 60.7 Å². The summed E-state index contributed by atoms with van der Waals surface area (Å²) in [5.41, 5.74) is 2.39. The Bertz CT molecular complexity index is 670. The predicted octanol–water partition coefficient (Wildman–Crippen LogP) is 6.72. The van der Waals surface area contributed by atoms with E-state index in [2.05, 4.69) is 67.6 Å². The van der Waals surface area contributed by atoms with Crippen molar-refractivity contribution in [2.24, 2.45) is 5.41 Å². The van der Waals surface area contributed by atoms with Gasteiger partial charge in [0.25, 0.3) is 0 Å². The highest BCUT2D eigenvalue weighted by Gasteiger charge is 2.22. The molecule has 146 valence electrons. The van der Waals surface area contributed by atoms with Crippen LogP contribution in [-0.2, 0) is 9.53 Å². The van der Waals surface area contributed by atoms with Crippen molar-refractivity contribution in [3.63, 3.8) is 0 Å². The summed E-state index contributed by atoms with van der Waals surface area (Å²) in [6.07, 6.45) is 4.24. The van der Waals surface area contributed by atoms with Gasteiger partial charge in [0, 0.05) is 0 Å². The molecule has 0 saturated carbocycles. The first-order chi connectivity index (χ1) is 12.9. The molecule has 0 N–H and O–H groups in total. The molecule has 2 heteroatoms. The van der Waals surface area contributed by atoms with Gasteiger partial charge in [0.1, 0.15) is 0 Å². The SMILES string of the molecule is CC(CC(CCCCOC(=O)C(C)(C)C)c1ccccc1)c1ccccc1. The Balaban J connectivity index is 1.89. The summed E-state index contributed by atoms with van der Waals surface area (Å²) in [4.78, 5) is 11.9. The Morgan fingerprint density at radius 1 is 0.889 bits per heavy atom. The Morgan fingerprint density at radius 3 is 2.00 bits per heavy atom. The van der Waals surface area contributed by atoms with Gasteiger partial charge in [-0.2, -0.15) is 0 Å². The quantitative estimate of drug-likeness (QED) is 0.363. The van der Waals surface area contributed by atoms with Crippen molar-refractivity contribution in [1.29, 1.82) is 0 Å². The monoisotopic (exact) mass is 366 g/mol. The van der Waals surface area contributed by atoms with Gasteiger partial charge in [0.05, 0.1) is 12.0 Å². The molecule has 0 heterocycles. The van der Waals surface area contributed by atoms with Crippen LogP contribution in [0, 0.1) is 5.41 Å². The van der Waals surface area contributed by atoms with Gasteiger partial charge in [-0.05, 0) is 69.4 Å². The van der Waals surface area contributed by atoms with Crippen LogP contribution in [0.4, 0.5) is 0 Å². The van der Waals surface area contributed by atoms with Gasteiger partial charge in [0.15, 0.2) is 0 Å². The molecule has 2 unspecified atom stereocenters. The normalized spacial score (nSPS) is 13.8. The molecule has 2 nitrogen and oxygen atoms in total. The van der Waals surface area contributed by atoms with Crippen molar-refractivity contribution in [3.8, 4) is 0 Å². The first kappa shape index (κ1) is 21.2. The second-order valence-electron chi connectivity index (χ2n) is 8.54. The van der Waals surface area contributed by atoms with Crippen LogP contribution in [0.2, 0.25) is 0 Å². The molecule has 0 amide bonds. The number of benzene rings is 2. The lowest BCUT2D eigenvalue weighted by Crippen LogP contribution is -2.23. The zero-order valence-corrected chi connectivity index (χ0v) is 17.3. The minimum Gasteiger partial charge on any atom is -0.465 e. The van der Waals surface area contributed by atoms with Gasteiger partial charge < -0.3 is 4.74 Å². The van der Waals surface area contributed by atoms with Crippen LogP contribution in [0.1, 0.15) is 76.3 Å². The fourth-order valence-corrected chi connectivity index (χ4v) is 3.36. The average molecular weight is 367 g/mol. The molecule has 0 aliphatic carbocycles. The molecule has 2 atom stereocenters. The zero-order valence-electron chi connectivity index (χ0n) is 17.3. The number of rotatable bonds is 9. The van der Waals surface area contributed by atoms with Crippen molar-refractivity contribution in [2.45, 2.75) is 65.2 Å². The topological polar surface area (TPSA) is 26.3 Å². The first-order valence-electron chi connectivity index (χ1n) is 10.1. The van der Waals surface area contributed by atoms with Crippen LogP contribution in [-0.4, -0.2) is 12.6 Å². The molecule has 0 spiro atoms. The van der Waals surface area contributed by atoms with E-state index in [9.17, 15) is 4.79 Å². The molecule has 0 radical (unpaired) electrons. The van der Waals surface area contributed by atoms with Crippen LogP contribution >= 0.6 is 0 Å². The summed E-state index contributed by atoms with van der Waals surface area (Å²) >= 11 is 0. The van der Waals surface area contributed by atoms with E-state index < -0.39 is 5.41 Å². The van der Waals surface area contributed by atoms with Crippen LogP contribution in [0.25, 0.3) is 0 Å². The van der Waals surface area contributed by atoms with Gasteiger partial charge in [-0.3, -0.25) is 4.79 Å². The summed E-state index contributed by atoms with van der Waals surface area (Å²) in [6.45, 7) is 8.52. The van der Waals surface area contributed by atoms with Crippen LogP contribution < -0.4 is 0 Å². The van der Waals surface area contributed by atoms with E-state index in [1.165, 1.54) is 11.1 Å². The van der Waals surface area contributed by atoms with E-state index in [0.717, 1.165) is 25.7 Å². The highest BCUT2D eigenvalue weighted by Crippen LogP contribution is 2.33. The maximum absolute atomic E-state index is 11.9. The number of ether oxygens (including phenoxy) is 1. The Labute approximate surface area is 165 Å². The number of hydrogen-bond donors (Lipinski definition) is 0. The minimum absolute atomic E-state index is 0.111. The van der Waals surface area contributed by atoms with E-state index >= 15 is 0 Å². The molecular weight excluding hydrogens is 332 g/mol. The van der Waals surface area contributed by atoms with Crippen LogP contribution in [0.3, 0.4) is 0 Å². The van der Waals surface area contributed by atoms with Crippen molar-refractivity contribution in [3.05, 3.63) is 71.8 Å². The molecule has 0 aliphatic rings. The van der Waals surface area contributed by atoms with Gasteiger partial charge in [-0.25, -0.2) is 0 Å². The first-order valence-corrected chi connectivity index (χ1v) is 10.1. The lowest BCUT2D eigenvalue weighted by atomic mass is 9.83. The molecule has 27 heavy (non-hydrogen) atoms. The molecule has 0 bridgehead atoms. The molecular formula is C25H34O2. The summed E-state index contributed by atoms with van der Waals surface area (Å²) in [5, 5.41) is 0. The molecule has 0 fully saturated rings. The van der Waals surface area contributed by atoms with Crippen molar-refractivity contribution >= 4 is 5.97 Å². The maximum atomic E-state index is 11.9. The molecule has 0 aromatic heterocycles. The number of carbonyl (C=O) groups excluding carboxylic acids is 1. The summed E-state index contributed by atoms with van der Waals surface area (Å²) in [7, 11) is 0. The van der Waals surface area contributed by atoms with E-state index in [4.69, 9.17) is 4.74 Å². The van der Waals surface area contributed by atoms with Crippen molar-refractivity contribution in [1.82, 2.24) is 0 Å². The van der Waals surface area contributed by atoms with E-state index in [1.807, 2.05) is 20.8 Å². The van der Waals surface area contributed by atoms with E-state index in [0.29, 0.717) is 18.4 Å². The third kappa shape index (κ3) is 7.21. The number of esters is 1. The van der Waals surface area contributed by atoms with Gasteiger partial charge in [0.2, 0.25) is 0 Å². The Hall–Kier alpha value is -2.09. The van der Waals surface area contributed by atoms with Gasteiger partial charge in [-0.15, -0.1) is 0 Å². The molecule has 2 aromatic carbocycles. The summed E-state index contributed by atoms with van der Waals surface area (Å²) in [6, 6.07) is 21.6. The standard InChI is InChI=1S/C25H34O2/c1-20(21-13-7-5-8-14-21)19-23(22-15-9-6-10-16-22)17-11-12-18-27-24(26)25(2,3)4/h5-10,13-16,20,23H,11-12,17-19H2,1-4H3. The lowest BCUT2D eigenvalue weighted by Gasteiger charge is -2.22. The van der Waals surface area contributed by atoms with Crippen molar-refractivity contribution < 1.29 is 9.53 Å². The highest BCUT2D eigenvalue weighted by atomic mass is 16.5. The largest absolute Gasteiger partial charge is 0.465 e. The molecule has 0 aliphatic heterocycles. The highest BCUT2D eigenvalue weighted by molar-refractivity contribution is 5.75. The molecule has 2 rings (SSSR count). The van der Waals surface area contributed by atoms with E-state index in [1.54, 1.807) is 0 Å². The third-order valence-corrected chi connectivity index (χ3v) is 5.07.